The number of aliphatic hydroxyl groups excluding tert-OH is 1. The van der Waals surface area contributed by atoms with E-state index in [0.29, 0.717) is 6.61 Å². The van der Waals surface area contributed by atoms with E-state index in [1.165, 1.54) is 32.2 Å². The van der Waals surface area contributed by atoms with Crippen molar-refractivity contribution in [3.05, 3.63) is 0 Å². The summed E-state index contributed by atoms with van der Waals surface area (Å²) >= 11 is 0. The third-order valence-corrected chi connectivity index (χ3v) is 2.13. The van der Waals surface area contributed by atoms with Crippen molar-refractivity contribution in [1.29, 1.82) is 0 Å². The normalized spacial score (nSPS) is 22.8. The molecule has 0 aromatic carbocycles. The van der Waals surface area contributed by atoms with Gasteiger partial charge in [0, 0.05) is 12.6 Å². The fourth-order valence-electron chi connectivity index (χ4n) is 1.27. The van der Waals surface area contributed by atoms with E-state index in [1.807, 2.05) is 6.92 Å². The van der Waals surface area contributed by atoms with Gasteiger partial charge in [0.05, 0.1) is 0 Å². The number of hydrogen-bond donors (Lipinski definition) is 2. The molecule has 0 saturated carbocycles. The van der Waals surface area contributed by atoms with Gasteiger partial charge >= 0.3 is 0 Å². The number of piperidine rings is 1. The lowest BCUT2D eigenvalue weighted by Crippen LogP contribution is -2.32. The molecule has 0 aromatic rings. The highest BCUT2D eigenvalue weighted by Crippen LogP contribution is 2.08. The second kappa shape index (κ2) is 9.01. The molecule has 0 aromatic heterocycles. The fraction of sp³-hybridized carbons (Fsp3) is 1.00. The van der Waals surface area contributed by atoms with Crippen LogP contribution in [-0.4, -0.2) is 24.3 Å². The summed E-state index contributed by atoms with van der Waals surface area (Å²) in [6.45, 7) is 5.75. The maximum absolute atomic E-state index is 7.88. The first-order chi connectivity index (χ1) is 5.85. The molecule has 12 heavy (non-hydrogen) atoms. The van der Waals surface area contributed by atoms with E-state index >= 15 is 0 Å². The van der Waals surface area contributed by atoms with E-state index in [0.717, 1.165) is 12.5 Å². The first-order valence-electron chi connectivity index (χ1n) is 5.19. The predicted octanol–water partition coefficient (Wildman–Crippen LogP) is 1.93. The highest BCUT2D eigenvalue weighted by atomic mass is 16.2. The molecule has 0 amide bonds. The molecule has 1 unspecified atom stereocenters. The van der Waals surface area contributed by atoms with E-state index in [4.69, 9.17) is 5.11 Å². The van der Waals surface area contributed by atoms with Crippen molar-refractivity contribution in [2.75, 3.05) is 13.2 Å². The van der Waals surface area contributed by atoms with E-state index in [2.05, 4.69) is 12.2 Å². The summed E-state index contributed by atoms with van der Waals surface area (Å²) in [4.78, 5) is 0. The zero-order valence-electron chi connectivity index (χ0n) is 8.47. The van der Waals surface area contributed by atoms with Crippen molar-refractivity contribution in [2.24, 2.45) is 0 Å². The van der Waals surface area contributed by atoms with E-state index in [9.17, 15) is 0 Å². The molecule has 0 radical (unpaired) electrons. The van der Waals surface area contributed by atoms with Gasteiger partial charge < -0.3 is 10.4 Å². The average Bonchev–Trinajstić information content (AvgIpc) is 2.19. The lowest BCUT2D eigenvalue weighted by atomic mass is 10.0. The molecule has 0 spiro atoms. The zero-order chi connectivity index (χ0) is 9.23. The molecule has 2 nitrogen and oxygen atoms in total. The molecule has 1 aliphatic heterocycles. The molecule has 1 atom stereocenters. The lowest BCUT2D eigenvalue weighted by molar-refractivity contribution is 0.295. The third kappa shape index (κ3) is 6.62. The van der Waals surface area contributed by atoms with Crippen LogP contribution < -0.4 is 5.32 Å². The second-order valence-corrected chi connectivity index (χ2v) is 3.28. The molecule has 2 N–H and O–H groups in total. The number of nitrogens with one attached hydrogen (secondary N) is 1. The zero-order valence-corrected chi connectivity index (χ0v) is 8.47. The van der Waals surface area contributed by atoms with Crippen LogP contribution in [0.15, 0.2) is 0 Å². The molecule has 0 bridgehead atoms. The van der Waals surface area contributed by atoms with Gasteiger partial charge in [0.25, 0.3) is 0 Å². The summed E-state index contributed by atoms with van der Waals surface area (Å²) in [5, 5.41) is 11.3. The van der Waals surface area contributed by atoms with Crippen LogP contribution in [0.4, 0.5) is 0 Å². The summed E-state index contributed by atoms with van der Waals surface area (Å²) in [7, 11) is 0. The third-order valence-electron chi connectivity index (χ3n) is 2.13. The molecule has 1 rings (SSSR count). The topological polar surface area (TPSA) is 32.3 Å². The van der Waals surface area contributed by atoms with Gasteiger partial charge in [-0.25, -0.2) is 0 Å². The van der Waals surface area contributed by atoms with Crippen LogP contribution in [0.25, 0.3) is 0 Å². The lowest BCUT2D eigenvalue weighted by Gasteiger charge is -2.21. The Labute approximate surface area is 76.4 Å². The van der Waals surface area contributed by atoms with Crippen molar-refractivity contribution in [3.63, 3.8) is 0 Å². The van der Waals surface area contributed by atoms with E-state index in [-0.39, 0.29) is 0 Å². The first-order valence-corrected chi connectivity index (χ1v) is 5.19. The Balaban J connectivity index is 0.000000261. The van der Waals surface area contributed by atoms with Crippen LogP contribution >= 0.6 is 0 Å². The summed E-state index contributed by atoms with van der Waals surface area (Å²) in [5.74, 6) is 0. The second-order valence-electron chi connectivity index (χ2n) is 3.28. The number of hydrogen-bond acceptors (Lipinski definition) is 2. The minimum atomic E-state index is 0.319. The Morgan fingerprint density at radius 1 is 1.33 bits per heavy atom. The van der Waals surface area contributed by atoms with Gasteiger partial charge in [0.2, 0.25) is 0 Å². The van der Waals surface area contributed by atoms with E-state index < -0.39 is 0 Å². The van der Waals surface area contributed by atoms with Crippen molar-refractivity contribution < 1.29 is 5.11 Å². The van der Waals surface area contributed by atoms with Gasteiger partial charge in [-0.15, -0.1) is 0 Å². The van der Waals surface area contributed by atoms with Crippen molar-refractivity contribution in [2.45, 2.75) is 52.0 Å². The highest BCUT2D eigenvalue weighted by Gasteiger charge is 2.08. The maximum atomic E-state index is 7.88. The summed E-state index contributed by atoms with van der Waals surface area (Å²) < 4.78 is 0. The number of aliphatic hydroxyl groups is 1. The quantitative estimate of drug-likeness (QED) is 0.668. The predicted molar refractivity (Wildman–Crippen MR) is 53.3 cm³/mol. The van der Waals surface area contributed by atoms with Gasteiger partial charge in [0.1, 0.15) is 0 Å². The van der Waals surface area contributed by atoms with Crippen LogP contribution in [0.2, 0.25) is 0 Å². The largest absolute Gasteiger partial charge is 0.396 e. The Kier molecular flexibility index (Phi) is 8.95. The fourth-order valence-corrected chi connectivity index (χ4v) is 1.27. The van der Waals surface area contributed by atoms with Gasteiger partial charge in [-0.3, -0.25) is 0 Å². The summed E-state index contributed by atoms with van der Waals surface area (Å²) in [6.07, 6.45) is 6.40. The molecule has 1 aliphatic rings. The Bertz CT molecular complexity index is 77.9. The monoisotopic (exact) mass is 173 g/mol. The Morgan fingerprint density at radius 2 is 2.00 bits per heavy atom. The maximum Gasteiger partial charge on any atom is 0.0428 e. The highest BCUT2D eigenvalue weighted by molar-refractivity contribution is 4.69. The molecule has 74 valence electrons. The van der Waals surface area contributed by atoms with Crippen LogP contribution in [0, 0.1) is 0 Å². The van der Waals surface area contributed by atoms with Gasteiger partial charge in [-0.05, 0) is 32.2 Å². The molecular formula is C10H23NO. The molecule has 1 saturated heterocycles. The minimum absolute atomic E-state index is 0.319. The van der Waals surface area contributed by atoms with Gasteiger partial charge in [-0.2, -0.15) is 0 Å². The minimum Gasteiger partial charge on any atom is -0.396 e. The van der Waals surface area contributed by atoms with Crippen molar-refractivity contribution >= 4 is 0 Å². The van der Waals surface area contributed by atoms with Crippen LogP contribution in [0.1, 0.15) is 46.0 Å². The molecule has 1 heterocycles. The van der Waals surface area contributed by atoms with Gasteiger partial charge in [0.15, 0.2) is 0 Å². The Hall–Kier alpha value is -0.0800. The van der Waals surface area contributed by atoms with Crippen LogP contribution in [0.5, 0.6) is 0 Å². The molecular weight excluding hydrogens is 150 g/mol. The number of rotatable bonds is 2. The van der Waals surface area contributed by atoms with Crippen molar-refractivity contribution in [1.82, 2.24) is 5.32 Å². The first kappa shape index (κ1) is 11.9. The Morgan fingerprint density at radius 3 is 2.25 bits per heavy atom. The molecule has 1 fully saturated rings. The SMILES string of the molecule is CCC1CCCCN1.CCCO. The van der Waals surface area contributed by atoms with Crippen LogP contribution in [0.3, 0.4) is 0 Å². The molecule has 0 aliphatic carbocycles. The van der Waals surface area contributed by atoms with Crippen LogP contribution in [-0.2, 0) is 0 Å². The summed E-state index contributed by atoms with van der Waals surface area (Å²) in [6, 6.07) is 0.837. The molecule has 2 heteroatoms. The van der Waals surface area contributed by atoms with Crippen molar-refractivity contribution in [3.8, 4) is 0 Å². The van der Waals surface area contributed by atoms with E-state index in [1.54, 1.807) is 0 Å². The summed E-state index contributed by atoms with van der Waals surface area (Å²) in [5.41, 5.74) is 0. The standard InChI is InChI=1S/C7H15N.C3H8O/c1-2-7-5-3-4-6-8-7;1-2-3-4/h7-8H,2-6H2,1H3;4H,2-3H2,1H3. The smallest absolute Gasteiger partial charge is 0.0428 e. The van der Waals surface area contributed by atoms with Gasteiger partial charge in [-0.1, -0.05) is 20.3 Å². The average molecular weight is 173 g/mol.